The Bertz CT molecular complexity index is 1120. The monoisotopic (exact) mass is 370 g/mol. The first-order chi connectivity index (χ1) is 12.9. The molecule has 0 aliphatic rings. The molecule has 0 bridgehead atoms. The van der Waals surface area contributed by atoms with Gasteiger partial charge in [-0.1, -0.05) is 12.1 Å². The Morgan fingerprint density at radius 3 is 2.52 bits per heavy atom. The maximum Gasteiger partial charge on any atom is 0.573 e. The van der Waals surface area contributed by atoms with Gasteiger partial charge in [0.15, 0.2) is 5.65 Å². The highest BCUT2D eigenvalue weighted by Crippen LogP contribution is 2.35. The summed E-state index contributed by atoms with van der Waals surface area (Å²) >= 11 is 0. The number of rotatable bonds is 3. The smallest absolute Gasteiger partial charge is 0.405 e. The minimum Gasteiger partial charge on any atom is -0.405 e. The standard InChI is InChI=1S/C19H13F3N4O/c1-12-6-8-23-10-15(12)13-7-9-25-26-16(11-24-18(13)26)14-4-2-3-5-17(14)27-19(20,21)22/h2-11H,1H3. The predicted octanol–water partition coefficient (Wildman–Crippen LogP) is 4.67. The van der Waals surface area contributed by atoms with Crippen LogP contribution in [0.2, 0.25) is 0 Å². The summed E-state index contributed by atoms with van der Waals surface area (Å²) in [7, 11) is 0. The zero-order valence-electron chi connectivity index (χ0n) is 14.1. The largest absolute Gasteiger partial charge is 0.573 e. The number of aromatic nitrogens is 4. The maximum atomic E-state index is 12.7. The lowest BCUT2D eigenvalue weighted by atomic mass is 10.1. The first-order valence-corrected chi connectivity index (χ1v) is 8.03. The Morgan fingerprint density at radius 2 is 1.74 bits per heavy atom. The number of ether oxygens (including phenoxy) is 1. The molecule has 0 aliphatic carbocycles. The Hall–Kier alpha value is -3.42. The van der Waals surface area contributed by atoms with Gasteiger partial charge in [-0.2, -0.15) is 5.10 Å². The van der Waals surface area contributed by atoms with E-state index < -0.39 is 6.36 Å². The molecule has 0 radical (unpaired) electrons. The van der Waals surface area contributed by atoms with Crippen molar-refractivity contribution in [2.75, 3.05) is 0 Å². The number of para-hydroxylation sites is 1. The molecule has 3 heterocycles. The second-order valence-electron chi connectivity index (χ2n) is 5.86. The van der Waals surface area contributed by atoms with Crippen LogP contribution in [0.3, 0.4) is 0 Å². The van der Waals surface area contributed by atoms with Crippen LogP contribution in [0.1, 0.15) is 5.56 Å². The van der Waals surface area contributed by atoms with Crippen LogP contribution in [0.25, 0.3) is 28.0 Å². The summed E-state index contributed by atoms with van der Waals surface area (Å²) in [5.41, 5.74) is 3.83. The highest BCUT2D eigenvalue weighted by atomic mass is 19.4. The molecule has 27 heavy (non-hydrogen) atoms. The number of aryl methyl sites for hydroxylation is 1. The van der Waals surface area contributed by atoms with Crippen LogP contribution in [-0.2, 0) is 0 Å². The van der Waals surface area contributed by atoms with Crippen molar-refractivity contribution in [3.8, 4) is 28.1 Å². The van der Waals surface area contributed by atoms with Crippen LogP contribution in [0, 0.1) is 6.92 Å². The first-order valence-electron chi connectivity index (χ1n) is 8.03. The summed E-state index contributed by atoms with van der Waals surface area (Å²) in [5.74, 6) is -0.309. The van der Waals surface area contributed by atoms with E-state index in [1.807, 2.05) is 13.0 Å². The number of pyridine rings is 1. The van der Waals surface area contributed by atoms with Crippen LogP contribution in [-0.4, -0.2) is 25.9 Å². The second kappa shape index (κ2) is 6.39. The van der Waals surface area contributed by atoms with E-state index in [4.69, 9.17) is 0 Å². The molecule has 0 fully saturated rings. The van der Waals surface area contributed by atoms with Crippen LogP contribution < -0.4 is 4.74 Å². The lowest BCUT2D eigenvalue weighted by Crippen LogP contribution is -2.17. The molecule has 0 N–H and O–H groups in total. The number of benzene rings is 1. The summed E-state index contributed by atoms with van der Waals surface area (Å²) in [5, 5.41) is 4.27. The molecule has 3 aromatic heterocycles. The van der Waals surface area contributed by atoms with Crippen molar-refractivity contribution >= 4 is 5.65 Å². The summed E-state index contributed by atoms with van der Waals surface area (Å²) in [6.07, 6.45) is 1.68. The molecule has 0 aliphatic heterocycles. The van der Waals surface area contributed by atoms with Gasteiger partial charge in [0.05, 0.1) is 11.9 Å². The van der Waals surface area contributed by atoms with Crippen molar-refractivity contribution in [3.63, 3.8) is 0 Å². The minimum absolute atomic E-state index is 0.245. The predicted molar refractivity (Wildman–Crippen MR) is 93.1 cm³/mol. The third-order valence-electron chi connectivity index (χ3n) is 4.12. The minimum atomic E-state index is -4.79. The third-order valence-corrected chi connectivity index (χ3v) is 4.12. The molecule has 0 atom stereocenters. The topological polar surface area (TPSA) is 52.3 Å². The van der Waals surface area contributed by atoms with E-state index in [1.165, 1.54) is 28.9 Å². The summed E-state index contributed by atoms with van der Waals surface area (Å²) in [6, 6.07) is 9.58. The van der Waals surface area contributed by atoms with Gasteiger partial charge in [-0.25, -0.2) is 9.50 Å². The van der Waals surface area contributed by atoms with E-state index in [0.29, 0.717) is 11.3 Å². The van der Waals surface area contributed by atoms with Crippen LogP contribution >= 0.6 is 0 Å². The number of nitrogens with zero attached hydrogens (tertiary/aromatic N) is 4. The average molecular weight is 370 g/mol. The number of halogens is 3. The molecule has 0 spiro atoms. The Morgan fingerprint density at radius 1 is 0.926 bits per heavy atom. The van der Waals surface area contributed by atoms with E-state index in [1.54, 1.807) is 30.7 Å². The van der Waals surface area contributed by atoms with Gasteiger partial charge < -0.3 is 4.74 Å². The molecule has 136 valence electrons. The van der Waals surface area contributed by atoms with Gasteiger partial charge >= 0.3 is 6.36 Å². The van der Waals surface area contributed by atoms with Gasteiger partial charge in [0.25, 0.3) is 0 Å². The molecule has 0 saturated heterocycles. The molecule has 4 aromatic rings. The molecule has 5 nitrogen and oxygen atoms in total. The average Bonchev–Trinajstić information content (AvgIpc) is 3.05. The fourth-order valence-electron chi connectivity index (χ4n) is 2.93. The van der Waals surface area contributed by atoms with E-state index in [9.17, 15) is 13.2 Å². The molecule has 8 heteroatoms. The molecular weight excluding hydrogens is 357 g/mol. The molecule has 0 saturated carbocycles. The zero-order valence-corrected chi connectivity index (χ0v) is 14.1. The number of imidazole rings is 1. The summed E-state index contributed by atoms with van der Waals surface area (Å²) < 4.78 is 43.9. The lowest BCUT2D eigenvalue weighted by Gasteiger charge is -2.13. The zero-order chi connectivity index (χ0) is 19.0. The van der Waals surface area contributed by atoms with E-state index in [2.05, 4.69) is 19.8 Å². The van der Waals surface area contributed by atoms with Crippen molar-refractivity contribution in [1.29, 1.82) is 0 Å². The number of hydrogen-bond donors (Lipinski definition) is 0. The van der Waals surface area contributed by atoms with Crippen molar-refractivity contribution in [2.24, 2.45) is 0 Å². The lowest BCUT2D eigenvalue weighted by molar-refractivity contribution is -0.274. The Balaban J connectivity index is 1.90. The Labute approximate surface area is 152 Å². The van der Waals surface area contributed by atoms with Gasteiger partial charge in [-0.05, 0) is 36.8 Å². The number of hydrogen-bond acceptors (Lipinski definition) is 4. The number of alkyl halides is 3. The summed E-state index contributed by atoms with van der Waals surface area (Å²) in [4.78, 5) is 8.53. The third kappa shape index (κ3) is 3.21. The fraction of sp³-hybridized carbons (Fsp3) is 0.105. The van der Waals surface area contributed by atoms with Crippen molar-refractivity contribution in [1.82, 2.24) is 19.6 Å². The van der Waals surface area contributed by atoms with Crippen molar-refractivity contribution in [3.05, 3.63) is 66.7 Å². The van der Waals surface area contributed by atoms with Gasteiger partial charge in [0.2, 0.25) is 0 Å². The molecule has 4 rings (SSSR count). The van der Waals surface area contributed by atoms with E-state index in [0.717, 1.165) is 16.7 Å². The SMILES string of the molecule is Cc1ccncc1-c1ccnn2c(-c3ccccc3OC(F)(F)F)cnc12. The van der Waals surface area contributed by atoms with Gasteiger partial charge in [-0.3, -0.25) is 4.98 Å². The van der Waals surface area contributed by atoms with Gasteiger partial charge in [0, 0.05) is 35.3 Å². The van der Waals surface area contributed by atoms with Crippen LogP contribution in [0.15, 0.2) is 61.2 Å². The second-order valence-corrected chi connectivity index (χ2v) is 5.86. The van der Waals surface area contributed by atoms with E-state index in [-0.39, 0.29) is 11.3 Å². The Kier molecular flexibility index (Phi) is 4.02. The maximum absolute atomic E-state index is 12.7. The van der Waals surface area contributed by atoms with Crippen LogP contribution in [0.4, 0.5) is 13.2 Å². The first kappa shape index (κ1) is 17.0. The molecule has 0 unspecified atom stereocenters. The fourth-order valence-corrected chi connectivity index (χ4v) is 2.93. The van der Waals surface area contributed by atoms with Crippen molar-refractivity contribution < 1.29 is 17.9 Å². The highest BCUT2D eigenvalue weighted by molar-refractivity contribution is 5.81. The quantitative estimate of drug-likeness (QED) is 0.526. The highest BCUT2D eigenvalue weighted by Gasteiger charge is 2.32. The van der Waals surface area contributed by atoms with Crippen molar-refractivity contribution in [2.45, 2.75) is 13.3 Å². The van der Waals surface area contributed by atoms with Gasteiger partial charge in [-0.15, -0.1) is 13.2 Å². The van der Waals surface area contributed by atoms with Crippen LogP contribution in [0.5, 0.6) is 5.75 Å². The molecule has 0 amide bonds. The molecule has 1 aromatic carbocycles. The molecular formula is C19H13F3N4O. The number of fused-ring (bicyclic) bond motifs is 1. The normalized spacial score (nSPS) is 11.7. The van der Waals surface area contributed by atoms with Gasteiger partial charge in [0.1, 0.15) is 5.75 Å². The summed E-state index contributed by atoms with van der Waals surface area (Å²) in [6.45, 7) is 1.95. The van der Waals surface area contributed by atoms with E-state index >= 15 is 0 Å².